The topological polar surface area (TPSA) is 14.8 Å². The van der Waals surface area contributed by atoms with Crippen LogP contribution in [-0.2, 0) is 5.41 Å². The first-order chi connectivity index (χ1) is 66.5. The van der Waals surface area contributed by atoms with E-state index in [9.17, 15) is 0 Å². The average Bonchev–Trinajstić information content (AvgIpc) is 1.51. The highest BCUT2D eigenvalue weighted by Gasteiger charge is 2.25. The van der Waals surface area contributed by atoms with Gasteiger partial charge < -0.3 is 13.7 Å². The van der Waals surface area contributed by atoms with Crippen molar-refractivity contribution < 1.29 is 0 Å². The predicted octanol–water partition coefficient (Wildman–Crippen LogP) is 36.5. The molecule has 638 valence electrons. The molecule has 3 heterocycles. The first-order valence-corrected chi connectivity index (χ1v) is 47.0. The Morgan fingerprint density at radius 3 is 0.607 bits per heavy atom. The van der Waals surface area contributed by atoms with Crippen molar-refractivity contribution in [2.24, 2.45) is 0 Å². The van der Waals surface area contributed by atoms with Crippen molar-refractivity contribution >= 4 is 130 Å². The highest BCUT2D eigenvalue weighted by Crippen LogP contribution is 2.50. The minimum Gasteiger partial charge on any atom is -0.309 e. The Kier molecular flexibility index (Phi) is 20.3. The Balaban J connectivity index is 0.000000112. The number of nitrogens with zero attached hydrogens (tertiary/aromatic N) is 3. The van der Waals surface area contributed by atoms with E-state index in [1.54, 1.807) is 0 Å². The maximum atomic E-state index is 2.41. The SMILES string of the molecule is CC(C)(C)c1ccc(-c2ccc(-c3c4ccccc4c(-c4cccc(-n5c6ccccc6c6ccccc65)c4)c4ccccc34)cc2)cc1.Cc1ccccc1-c1c2ccccc2c(-c2cccc(-n3c4ccccc4c4ccccc43)c2)c2ccccc12.Cc1ccccc1-c1ccc(-c2c3ccccc3c(-c3cccc(-n4c5ccccc5c5ccccc54)c3)c3ccccc23)cc1. The molecule has 0 aliphatic rings. The molecular weight excluding hydrogens is 1630 g/mol. The van der Waals surface area contributed by atoms with Gasteiger partial charge in [-0.1, -0.05) is 433 Å². The molecule has 26 aromatic rings. The van der Waals surface area contributed by atoms with Gasteiger partial charge >= 0.3 is 0 Å². The molecule has 0 amide bonds. The predicted molar refractivity (Wildman–Crippen MR) is 579 cm³/mol. The van der Waals surface area contributed by atoms with Crippen LogP contribution in [0.15, 0.2) is 485 Å². The minimum atomic E-state index is 0.142. The smallest absolute Gasteiger partial charge is 0.0541 e. The van der Waals surface area contributed by atoms with Crippen LogP contribution in [0.3, 0.4) is 0 Å². The molecule has 0 saturated carbocycles. The summed E-state index contributed by atoms with van der Waals surface area (Å²) < 4.78 is 7.22. The van der Waals surface area contributed by atoms with Crippen LogP contribution in [0, 0.1) is 13.8 Å². The van der Waals surface area contributed by atoms with Crippen molar-refractivity contribution in [3.8, 4) is 106 Å². The average molecular weight is 1720 g/mol. The molecule has 0 atom stereocenters. The summed E-state index contributed by atoms with van der Waals surface area (Å²) in [7, 11) is 0. The number of fused-ring (bicyclic) bond motifs is 15. The second-order valence-corrected chi connectivity index (χ2v) is 36.9. The quantitative estimate of drug-likeness (QED) is 0.115. The van der Waals surface area contributed by atoms with E-state index >= 15 is 0 Å². The normalized spacial score (nSPS) is 11.7. The van der Waals surface area contributed by atoms with E-state index in [1.165, 1.54) is 253 Å². The zero-order valence-corrected chi connectivity index (χ0v) is 76.0. The van der Waals surface area contributed by atoms with Crippen molar-refractivity contribution in [1.29, 1.82) is 0 Å². The van der Waals surface area contributed by atoms with Crippen LogP contribution in [0.1, 0.15) is 37.5 Å². The van der Waals surface area contributed by atoms with Crippen LogP contribution < -0.4 is 0 Å². The summed E-state index contributed by atoms with van der Waals surface area (Å²) in [6.07, 6.45) is 0. The Hall–Kier alpha value is -17.0. The molecule has 0 unspecified atom stereocenters. The van der Waals surface area contributed by atoms with Gasteiger partial charge in [0, 0.05) is 49.4 Å². The van der Waals surface area contributed by atoms with Crippen LogP contribution in [-0.4, -0.2) is 13.7 Å². The third kappa shape index (κ3) is 14.1. The first kappa shape index (κ1) is 81.3. The standard InChI is InChI=1S/C48H37N.C45H31N.C39H27N/c1-48(2,3)36-29-27-33(28-30-36)32-23-25-34(26-24-32)46-40-17-4-6-19-42(40)47(43-20-7-5-18-41(43)46)35-13-12-14-37(31-35)49-44-21-10-8-15-38(44)39-16-9-11-22-45(39)49;1-30-13-2-3-16-35(30)31-25-27-32(28-26-31)44-38-19-4-6-21-40(38)45(41-22-7-5-20-39(41)44)33-14-12-15-34(29-33)46-42-23-10-8-17-36(42)37-18-9-11-24-43(37)46;1-26-13-2-3-16-29(26)39-34-21-6-4-19-32(34)38(33-20-5-7-22-35(33)39)27-14-12-15-28(25-27)40-36-23-10-8-17-30(36)31-18-9-11-24-37(31)40/h4-31H,1-3H3;2-29H,1H3;2-25H,1H3. The summed E-state index contributed by atoms with van der Waals surface area (Å²) in [4.78, 5) is 0. The van der Waals surface area contributed by atoms with Gasteiger partial charge in [0.15, 0.2) is 0 Å². The number of hydrogen-bond acceptors (Lipinski definition) is 0. The zero-order valence-electron chi connectivity index (χ0n) is 76.0. The van der Waals surface area contributed by atoms with Crippen molar-refractivity contribution in [2.45, 2.75) is 40.0 Å². The van der Waals surface area contributed by atoms with E-state index in [4.69, 9.17) is 0 Å². The third-order valence-electron chi connectivity index (χ3n) is 28.0. The summed E-state index contributed by atoms with van der Waals surface area (Å²) in [5, 5.41) is 22.9. The first-order valence-electron chi connectivity index (χ1n) is 47.0. The van der Waals surface area contributed by atoms with Crippen molar-refractivity contribution in [2.75, 3.05) is 0 Å². The van der Waals surface area contributed by atoms with Gasteiger partial charge in [-0.2, -0.15) is 0 Å². The fraction of sp³-hybridized carbons (Fsp3) is 0.0455. The highest BCUT2D eigenvalue weighted by atomic mass is 15.0. The summed E-state index contributed by atoms with van der Waals surface area (Å²) in [5.41, 5.74) is 35.0. The largest absolute Gasteiger partial charge is 0.309 e. The number of hydrogen-bond donors (Lipinski definition) is 0. The second-order valence-electron chi connectivity index (χ2n) is 36.9. The molecule has 23 aromatic carbocycles. The molecule has 0 aliphatic carbocycles. The molecule has 0 N–H and O–H groups in total. The molecular formula is C132H95N3. The fourth-order valence-corrected chi connectivity index (χ4v) is 21.8. The molecule has 0 saturated heterocycles. The zero-order chi connectivity index (χ0) is 90.4. The summed E-state index contributed by atoms with van der Waals surface area (Å²) >= 11 is 0. The van der Waals surface area contributed by atoms with E-state index in [1.807, 2.05) is 0 Å². The lowest BCUT2D eigenvalue weighted by atomic mass is 9.85. The molecule has 0 bridgehead atoms. The van der Waals surface area contributed by atoms with Crippen LogP contribution in [0.2, 0.25) is 0 Å². The highest BCUT2D eigenvalue weighted by molar-refractivity contribution is 6.25. The Morgan fingerprint density at radius 2 is 0.348 bits per heavy atom. The minimum absolute atomic E-state index is 0.142. The molecule has 0 radical (unpaired) electrons. The van der Waals surface area contributed by atoms with Crippen molar-refractivity contribution in [3.05, 3.63) is 502 Å². The van der Waals surface area contributed by atoms with E-state index in [0.29, 0.717) is 0 Å². The van der Waals surface area contributed by atoms with Gasteiger partial charge in [0.05, 0.1) is 33.1 Å². The maximum absolute atomic E-state index is 2.41. The molecule has 3 heteroatoms. The monoisotopic (exact) mass is 1720 g/mol. The molecule has 3 nitrogen and oxygen atoms in total. The summed E-state index contributed by atoms with van der Waals surface area (Å²) in [6.45, 7) is 11.2. The molecule has 0 fully saturated rings. The molecule has 0 aliphatic heterocycles. The van der Waals surface area contributed by atoms with Gasteiger partial charge in [-0.05, 0) is 262 Å². The van der Waals surface area contributed by atoms with E-state index in [-0.39, 0.29) is 5.41 Å². The lowest BCUT2D eigenvalue weighted by Gasteiger charge is -2.19. The molecule has 0 spiro atoms. The van der Waals surface area contributed by atoms with Gasteiger partial charge in [0.25, 0.3) is 0 Å². The fourth-order valence-electron chi connectivity index (χ4n) is 21.8. The Labute approximate surface area is 786 Å². The summed E-state index contributed by atoms with van der Waals surface area (Å²) in [5.74, 6) is 0. The number of aromatic nitrogens is 3. The van der Waals surface area contributed by atoms with Crippen LogP contribution in [0.5, 0.6) is 0 Å². The van der Waals surface area contributed by atoms with E-state index in [2.05, 4.69) is 534 Å². The van der Waals surface area contributed by atoms with Crippen molar-refractivity contribution in [3.63, 3.8) is 0 Å². The van der Waals surface area contributed by atoms with Crippen molar-refractivity contribution in [1.82, 2.24) is 13.7 Å². The summed E-state index contributed by atoms with van der Waals surface area (Å²) in [6, 6.07) is 178. The van der Waals surface area contributed by atoms with Crippen LogP contribution in [0.4, 0.5) is 0 Å². The third-order valence-corrected chi connectivity index (χ3v) is 28.0. The lowest BCUT2D eigenvalue weighted by Crippen LogP contribution is -2.10. The number of aryl methyl sites for hydroxylation is 2. The number of benzene rings is 23. The van der Waals surface area contributed by atoms with Gasteiger partial charge in [0.1, 0.15) is 0 Å². The van der Waals surface area contributed by atoms with Crippen LogP contribution in [0.25, 0.3) is 236 Å². The molecule has 3 aromatic heterocycles. The number of rotatable bonds is 11. The van der Waals surface area contributed by atoms with E-state index < -0.39 is 0 Å². The second kappa shape index (κ2) is 33.8. The lowest BCUT2D eigenvalue weighted by molar-refractivity contribution is 0.590. The van der Waals surface area contributed by atoms with Gasteiger partial charge in [-0.3, -0.25) is 0 Å². The molecule has 26 rings (SSSR count). The van der Waals surface area contributed by atoms with Gasteiger partial charge in [-0.25, -0.2) is 0 Å². The number of para-hydroxylation sites is 6. The van der Waals surface area contributed by atoms with Crippen LogP contribution >= 0.6 is 0 Å². The van der Waals surface area contributed by atoms with E-state index in [0.717, 1.165) is 0 Å². The Bertz CT molecular complexity index is 8830. The molecule has 135 heavy (non-hydrogen) atoms. The maximum Gasteiger partial charge on any atom is 0.0541 e. The van der Waals surface area contributed by atoms with Gasteiger partial charge in [-0.15, -0.1) is 0 Å². The van der Waals surface area contributed by atoms with Gasteiger partial charge in [0.2, 0.25) is 0 Å². The Morgan fingerprint density at radius 1 is 0.148 bits per heavy atom.